The molecule has 0 unspecified atom stereocenters. The zero-order valence-corrected chi connectivity index (χ0v) is 16.5. The highest BCUT2D eigenvalue weighted by Gasteiger charge is 2.26. The number of fused-ring (bicyclic) bond motifs is 2. The van der Waals surface area contributed by atoms with Gasteiger partial charge < -0.3 is 15.2 Å². The second kappa shape index (κ2) is 6.74. The van der Waals surface area contributed by atoms with E-state index in [4.69, 9.17) is 0 Å². The first kappa shape index (κ1) is 17.4. The van der Waals surface area contributed by atoms with Crippen LogP contribution < -0.4 is 5.32 Å². The van der Waals surface area contributed by atoms with E-state index >= 15 is 0 Å². The summed E-state index contributed by atoms with van der Waals surface area (Å²) in [5, 5.41) is 4.84. The molecule has 4 heterocycles. The molecule has 1 fully saturated rings. The molecular formula is C23H26N4O. The van der Waals surface area contributed by atoms with Crippen molar-refractivity contribution in [3.8, 4) is 11.1 Å². The van der Waals surface area contributed by atoms with Crippen LogP contribution in [0.15, 0.2) is 30.6 Å². The fraction of sp³-hybridized carbons (Fsp3) is 0.391. The lowest BCUT2D eigenvalue weighted by Crippen LogP contribution is -2.35. The lowest BCUT2D eigenvalue weighted by Gasteiger charge is -2.31. The Labute approximate surface area is 165 Å². The van der Waals surface area contributed by atoms with Crippen molar-refractivity contribution in [2.24, 2.45) is 0 Å². The quantitative estimate of drug-likeness (QED) is 0.716. The Morgan fingerprint density at radius 3 is 2.93 bits per heavy atom. The summed E-state index contributed by atoms with van der Waals surface area (Å²) in [5.74, 6) is 0.164. The molecule has 5 rings (SSSR count). The molecule has 2 aliphatic heterocycles. The average Bonchev–Trinajstić information content (AvgIpc) is 3.37. The molecule has 5 nitrogen and oxygen atoms in total. The Hall–Kier alpha value is -2.66. The van der Waals surface area contributed by atoms with Gasteiger partial charge in [-0.15, -0.1) is 0 Å². The number of H-pyrrole nitrogens is 1. The summed E-state index contributed by atoms with van der Waals surface area (Å²) in [5.41, 5.74) is 8.63. The maximum Gasteiger partial charge on any atom is 0.219 e. The summed E-state index contributed by atoms with van der Waals surface area (Å²) in [7, 11) is 0. The Bertz CT molecular complexity index is 1060. The molecule has 3 aromatic rings. The van der Waals surface area contributed by atoms with E-state index in [-0.39, 0.29) is 5.91 Å². The Kier molecular flexibility index (Phi) is 4.20. The molecule has 2 aliphatic rings. The van der Waals surface area contributed by atoms with E-state index in [1.165, 1.54) is 39.6 Å². The van der Waals surface area contributed by atoms with Crippen LogP contribution in [0.4, 0.5) is 0 Å². The van der Waals surface area contributed by atoms with E-state index in [0.717, 1.165) is 43.7 Å². The van der Waals surface area contributed by atoms with Crippen molar-refractivity contribution >= 4 is 16.9 Å². The average molecular weight is 374 g/mol. The fourth-order valence-corrected chi connectivity index (χ4v) is 4.69. The van der Waals surface area contributed by atoms with Gasteiger partial charge in [0, 0.05) is 49.4 Å². The molecule has 0 saturated carbocycles. The van der Waals surface area contributed by atoms with Crippen LogP contribution in [0.3, 0.4) is 0 Å². The highest BCUT2D eigenvalue weighted by atomic mass is 16.2. The minimum Gasteiger partial charge on any atom is -0.346 e. The largest absolute Gasteiger partial charge is 0.346 e. The van der Waals surface area contributed by atoms with Gasteiger partial charge in [-0.2, -0.15) is 0 Å². The first-order valence-corrected chi connectivity index (χ1v) is 10.2. The molecule has 1 amide bonds. The minimum atomic E-state index is 0.164. The van der Waals surface area contributed by atoms with E-state index in [1.807, 2.05) is 17.3 Å². The van der Waals surface area contributed by atoms with Crippen molar-refractivity contribution < 1.29 is 4.79 Å². The zero-order valence-electron chi connectivity index (χ0n) is 16.5. The maximum atomic E-state index is 12.0. The summed E-state index contributed by atoms with van der Waals surface area (Å²) in [6.45, 7) is 6.38. The van der Waals surface area contributed by atoms with E-state index in [9.17, 15) is 4.79 Å². The van der Waals surface area contributed by atoms with Crippen LogP contribution in [0.5, 0.6) is 0 Å². The highest BCUT2D eigenvalue weighted by Crippen LogP contribution is 2.36. The molecule has 0 aliphatic carbocycles. The second-order valence-electron chi connectivity index (χ2n) is 8.13. The van der Waals surface area contributed by atoms with Crippen LogP contribution >= 0.6 is 0 Å². The molecular weight excluding hydrogens is 348 g/mol. The summed E-state index contributed by atoms with van der Waals surface area (Å²) < 4.78 is 0. The highest BCUT2D eigenvalue weighted by molar-refractivity contribution is 5.84. The fourth-order valence-electron chi connectivity index (χ4n) is 4.69. The van der Waals surface area contributed by atoms with Gasteiger partial charge in [0.05, 0.1) is 0 Å². The molecule has 0 spiro atoms. The second-order valence-corrected chi connectivity index (χ2v) is 8.13. The minimum absolute atomic E-state index is 0.164. The molecule has 28 heavy (non-hydrogen) atoms. The predicted molar refractivity (Wildman–Crippen MR) is 111 cm³/mol. The molecule has 2 N–H and O–H groups in total. The van der Waals surface area contributed by atoms with Crippen molar-refractivity contribution in [3.63, 3.8) is 0 Å². The lowest BCUT2D eigenvalue weighted by molar-refractivity contribution is -0.129. The van der Waals surface area contributed by atoms with Gasteiger partial charge >= 0.3 is 0 Å². The van der Waals surface area contributed by atoms with Crippen LogP contribution in [0.1, 0.15) is 48.1 Å². The third kappa shape index (κ3) is 2.90. The topological polar surface area (TPSA) is 61.0 Å². The number of nitrogens with zero attached hydrogens (tertiary/aromatic N) is 2. The van der Waals surface area contributed by atoms with Crippen molar-refractivity contribution in [3.05, 3.63) is 52.8 Å². The molecule has 0 bridgehead atoms. The molecule has 1 saturated heterocycles. The number of benzene rings is 1. The van der Waals surface area contributed by atoms with Gasteiger partial charge in [-0.25, -0.2) is 4.98 Å². The third-order valence-corrected chi connectivity index (χ3v) is 6.33. The van der Waals surface area contributed by atoms with Gasteiger partial charge in [-0.1, -0.05) is 6.07 Å². The first-order chi connectivity index (χ1) is 13.6. The maximum absolute atomic E-state index is 12.0. The van der Waals surface area contributed by atoms with Crippen LogP contribution in [-0.2, 0) is 17.8 Å². The number of carbonyl (C=O) groups is 1. The van der Waals surface area contributed by atoms with Crippen LogP contribution in [0, 0.1) is 6.92 Å². The first-order valence-electron chi connectivity index (χ1n) is 10.2. The summed E-state index contributed by atoms with van der Waals surface area (Å²) in [6, 6.07) is 7.27. The van der Waals surface area contributed by atoms with E-state index in [1.54, 1.807) is 6.92 Å². The summed E-state index contributed by atoms with van der Waals surface area (Å²) in [4.78, 5) is 21.8. The van der Waals surface area contributed by atoms with Crippen molar-refractivity contribution in [1.29, 1.82) is 0 Å². The number of amides is 1. The molecule has 1 atom stereocenters. The van der Waals surface area contributed by atoms with Crippen LogP contribution in [0.25, 0.3) is 22.2 Å². The predicted octanol–water partition coefficient (Wildman–Crippen LogP) is 3.87. The molecule has 0 radical (unpaired) electrons. The van der Waals surface area contributed by atoms with E-state index < -0.39 is 0 Å². The van der Waals surface area contributed by atoms with Gasteiger partial charge in [0.2, 0.25) is 5.91 Å². The van der Waals surface area contributed by atoms with Crippen LogP contribution in [0.2, 0.25) is 0 Å². The van der Waals surface area contributed by atoms with Crippen molar-refractivity contribution in [1.82, 2.24) is 20.2 Å². The van der Waals surface area contributed by atoms with E-state index in [0.29, 0.717) is 6.04 Å². The Balaban J connectivity index is 1.63. The normalized spacial score (nSPS) is 19.2. The Morgan fingerprint density at radius 2 is 2.14 bits per heavy atom. The van der Waals surface area contributed by atoms with Gasteiger partial charge in [-0.05, 0) is 72.7 Å². The van der Waals surface area contributed by atoms with Gasteiger partial charge in [-0.3, -0.25) is 4.79 Å². The number of pyridine rings is 1. The standard InChI is InChI=1S/C23H26N4O/c1-14-11-25-23-19(14)10-18(12-26-23)17-8-16-5-7-27(15(2)28)13-21(16)20(9-17)22-4-3-6-24-22/h8-12,22,24H,3-7,13H2,1-2H3,(H,25,26)/t22-/m0/s1. The molecule has 144 valence electrons. The summed E-state index contributed by atoms with van der Waals surface area (Å²) in [6.07, 6.45) is 7.26. The Morgan fingerprint density at radius 1 is 1.25 bits per heavy atom. The van der Waals surface area contributed by atoms with E-state index in [2.05, 4.69) is 40.4 Å². The number of nitrogens with one attached hydrogen (secondary N) is 2. The van der Waals surface area contributed by atoms with Crippen molar-refractivity contribution in [2.45, 2.75) is 45.7 Å². The smallest absolute Gasteiger partial charge is 0.219 e. The van der Waals surface area contributed by atoms with Gasteiger partial charge in [0.15, 0.2) is 0 Å². The van der Waals surface area contributed by atoms with Crippen LogP contribution in [-0.4, -0.2) is 33.9 Å². The van der Waals surface area contributed by atoms with Crippen molar-refractivity contribution in [2.75, 3.05) is 13.1 Å². The molecule has 1 aromatic carbocycles. The number of hydrogen-bond donors (Lipinski definition) is 2. The number of rotatable bonds is 2. The number of carbonyl (C=O) groups excluding carboxylic acids is 1. The third-order valence-electron chi connectivity index (χ3n) is 6.33. The summed E-state index contributed by atoms with van der Waals surface area (Å²) >= 11 is 0. The zero-order chi connectivity index (χ0) is 19.3. The number of aromatic nitrogens is 2. The number of aromatic amines is 1. The van der Waals surface area contributed by atoms with Gasteiger partial charge in [0.1, 0.15) is 5.65 Å². The molecule has 2 aromatic heterocycles. The lowest BCUT2D eigenvalue weighted by atomic mass is 9.87. The SMILES string of the molecule is CC(=O)N1CCc2cc(-c3cnc4[nH]cc(C)c4c3)cc([C@@H]3CCCN3)c2C1. The number of aryl methyl sites for hydroxylation is 1. The number of hydrogen-bond acceptors (Lipinski definition) is 3. The molecule has 5 heteroatoms. The van der Waals surface area contributed by atoms with Gasteiger partial charge in [0.25, 0.3) is 0 Å². The monoisotopic (exact) mass is 374 g/mol.